The number of anilines is 1. The average molecular weight is 385 g/mol. The number of nitrogens with one attached hydrogen (secondary N) is 1. The van der Waals surface area contributed by atoms with E-state index in [0.29, 0.717) is 9.75 Å². The molecular formula is C14H12INO2S. The first-order valence-electron chi connectivity index (χ1n) is 5.65. The van der Waals surface area contributed by atoms with Gasteiger partial charge in [0, 0.05) is 9.26 Å². The third-order valence-corrected chi connectivity index (χ3v) is 4.95. The van der Waals surface area contributed by atoms with Crippen molar-refractivity contribution in [1.82, 2.24) is 0 Å². The van der Waals surface area contributed by atoms with Gasteiger partial charge in [-0.25, -0.2) is 0 Å². The highest BCUT2D eigenvalue weighted by atomic mass is 127. The molecule has 0 aliphatic heterocycles. The Morgan fingerprint density at radius 3 is 2.42 bits per heavy atom. The van der Waals surface area contributed by atoms with Crippen LogP contribution in [0.2, 0.25) is 0 Å². The summed E-state index contributed by atoms with van der Waals surface area (Å²) in [5.41, 5.74) is 1.94. The molecule has 1 N–H and O–H groups in total. The molecule has 1 heterocycles. The van der Waals surface area contributed by atoms with Gasteiger partial charge in [-0.1, -0.05) is 6.07 Å². The van der Waals surface area contributed by atoms with Gasteiger partial charge in [0.15, 0.2) is 5.78 Å². The smallest absolute Gasteiger partial charge is 0.265 e. The zero-order valence-corrected chi connectivity index (χ0v) is 13.5. The second-order valence-corrected chi connectivity index (χ2v) is 6.38. The summed E-state index contributed by atoms with van der Waals surface area (Å²) in [5, 5.41) is 2.83. The Labute approximate surface area is 129 Å². The van der Waals surface area contributed by atoms with Gasteiger partial charge in [-0.15, -0.1) is 11.3 Å². The number of aryl methyl sites for hydroxylation is 1. The van der Waals surface area contributed by atoms with Crippen molar-refractivity contribution in [2.75, 3.05) is 5.32 Å². The minimum atomic E-state index is -0.183. The van der Waals surface area contributed by atoms with E-state index in [1.54, 1.807) is 12.1 Å². The van der Waals surface area contributed by atoms with Crippen molar-refractivity contribution in [3.05, 3.63) is 49.2 Å². The normalized spacial score (nSPS) is 10.3. The highest BCUT2D eigenvalue weighted by Crippen LogP contribution is 2.21. The maximum atomic E-state index is 12.0. The third-order valence-electron chi connectivity index (χ3n) is 2.61. The molecule has 1 aromatic heterocycles. The molecule has 1 aromatic carbocycles. The van der Waals surface area contributed by atoms with Crippen LogP contribution in [0.25, 0.3) is 0 Å². The van der Waals surface area contributed by atoms with Crippen LogP contribution in [0.15, 0.2) is 30.3 Å². The monoisotopic (exact) mass is 385 g/mol. The summed E-state index contributed by atoms with van der Waals surface area (Å²) in [6.07, 6.45) is 0. The van der Waals surface area contributed by atoms with Gasteiger partial charge in [0.1, 0.15) is 0 Å². The van der Waals surface area contributed by atoms with Crippen molar-refractivity contribution in [1.29, 1.82) is 0 Å². The molecule has 0 fully saturated rings. The minimum absolute atomic E-state index is 0.0195. The number of rotatable bonds is 3. The van der Waals surface area contributed by atoms with Crippen LogP contribution in [0.4, 0.5) is 5.69 Å². The van der Waals surface area contributed by atoms with Crippen molar-refractivity contribution >= 4 is 51.3 Å². The number of Topliss-reactive ketones (excluding diaryl/α,β-unsaturated/α-hetero) is 1. The molecule has 2 aromatic rings. The highest BCUT2D eigenvalue weighted by Gasteiger charge is 2.11. The molecule has 5 heteroatoms. The number of benzene rings is 1. The van der Waals surface area contributed by atoms with Crippen molar-refractivity contribution in [3.8, 4) is 0 Å². The Morgan fingerprint density at radius 1 is 1.16 bits per heavy atom. The predicted molar refractivity (Wildman–Crippen MR) is 86.2 cm³/mol. The van der Waals surface area contributed by atoms with Crippen molar-refractivity contribution < 1.29 is 9.59 Å². The SMILES string of the molecule is CC(=O)c1ccc(C(=O)Nc2ccc(C)c(I)c2)s1. The van der Waals surface area contributed by atoms with Crippen molar-refractivity contribution in [2.24, 2.45) is 0 Å². The van der Waals surface area contributed by atoms with E-state index >= 15 is 0 Å². The lowest BCUT2D eigenvalue weighted by Gasteiger charge is -2.05. The Hall–Kier alpha value is -1.21. The van der Waals surface area contributed by atoms with E-state index < -0.39 is 0 Å². The average Bonchev–Trinajstić information content (AvgIpc) is 2.83. The van der Waals surface area contributed by atoms with Crippen molar-refractivity contribution in [2.45, 2.75) is 13.8 Å². The number of ketones is 1. The summed E-state index contributed by atoms with van der Waals surface area (Å²) in [5.74, 6) is -0.203. The molecule has 0 bridgehead atoms. The number of hydrogen-bond acceptors (Lipinski definition) is 3. The lowest BCUT2D eigenvalue weighted by molar-refractivity contribution is 0.101. The summed E-state index contributed by atoms with van der Waals surface area (Å²) in [6.45, 7) is 3.52. The largest absolute Gasteiger partial charge is 0.321 e. The fourth-order valence-electron chi connectivity index (χ4n) is 1.51. The fourth-order valence-corrected chi connectivity index (χ4v) is 2.82. The Balaban J connectivity index is 2.15. The van der Waals surface area contributed by atoms with Crippen LogP contribution in [-0.4, -0.2) is 11.7 Å². The van der Waals surface area contributed by atoms with Gasteiger partial charge in [-0.3, -0.25) is 9.59 Å². The lowest BCUT2D eigenvalue weighted by atomic mass is 10.2. The maximum absolute atomic E-state index is 12.0. The van der Waals surface area contributed by atoms with Gasteiger partial charge >= 0.3 is 0 Å². The Bertz CT molecular complexity index is 649. The molecule has 3 nitrogen and oxygen atoms in total. The van der Waals surface area contributed by atoms with E-state index in [2.05, 4.69) is 27.9 Å². The maximum Gasteiger partial charge on any atom is 0.265 e. The van der Waals surface area contributed by atoms with E-state index in [1.165, 1.54) is 23.8 Å². The van der Waals surface area contributed by atoms with E-state index in [4.69, 9.17) is 0 Å². The van der Waals surface area contributed by atoms with Gasteiger partial charge in [0.2, 0.25) is 0 Å². The first kappa shape index (κ1) is 14.2. The molecule has 98 valence electrons. The molecule has 0 aliphatic rings. The van der Waals surface area contributed by atoms with Crippen LogP contribution in [0.3, 0.4) is 0 Å². The number of carbonyl (C=O) groups excluding carboxylic acids is 2. The van der Waals surface area contributed by atoms with Gasteiger partial charge in [0.05, 0.1) is 9.75 Å². The van der Waals surface area contributed by atoms with Gasteiger partial charge in [0.25, 0.3) is 5.91 Å². The molecule has 0 saturated heterocycles. The molecule has 0 aliphatic carbocycles. The van der Waals surface area contributed by atoms with E-state index in [0.717, 1.165) is 9.26 Å². The van der Waals surface area contributed by atoms with E-state index in [1.807, 2.05) is 25.1 Å². The highest BCUT2D eigenvalue weighted by molar-refractivity contribution is 14.1. The molecule has 2 rings (SSSR count). The molecular weight excluding hydrogens is 373 g/mol. The van der Waals surface area contributed by atoms with Crippen LogP contribution >= 0.6 is 33.9 Å². The number of thiophene rings is 1. The van der Waals surface area contributed by atoms with Crippen LogP contribution in [0.1, 0.15) is 31.8 Å². The number of halogens is 1. The topological polar surface area (TPSA) is 46.2 Å². The minimum Gasteiger partial charge on any atom is -0.321 e. The standard InChI is InChI=1S/C14H12INO2S/c1-8-3-4-10(7-11(8)15)16-14(18)13-6-5-12(19-13)9(2)17/h3-7H,1-2H3,(H,16,18). The summed E-state index contributed by atoms with van der Waals surface area (Å²) in [7, 11) is 0. The Morgan fingerprint density at radius 2 is 1.84 bits per heavy atom. The number of amides is 1. The predicted octanol–water partition coefficient (Wildman–Crippen LogP) is 4.12. The number of carbonyl (C=O) groups is 2. The number of hydrogen-bond donors (Lipinski definition) is 1. The van der Waals surface area contributed by atoms with Crippen molar-refractivity contribution in [3.63, 3.8) is 0 Å². The second-order valence-electron chi connectivity index (χ2n) is 4.14. The second kappa shape index (κ2) is 5.83. The van der Waals surface area contributed by atoms with Crippen LogP contribution in [0.5, 0.6) is 0 Å². The van der Waals surface area contributed by atoms with Gasteiger partial charge in [-0.2, -0.15) is 0 Å². The van der Waals surface area contributed by atoms with Gasteiger partial charge in [-0.05, 0) is 66.3 Å². The fraction of sp³-hybridized carbons (Fsp3) is 0.143. The molecule has 0 unspecified atom stereocenters. The molecule has 1 amide bonds. The first-order valence-corrected chi connectivity index (χ1v) is 7.55. The summed E-state index contributed by atoms with van der Waals surface area (Å²) in [6, 6.07) is 9.12. The van der Waals surface area contributed by atoms with E-state index in [9.17, 15) is 9.59 Å². The van der Waals surface area contributed by atoms with Crippen LogP contribution < -0.4 is 5.32 Å². The van der Waals surface area contributed by atoms with Gasteiger partial charge < -0.3 is 5.32 Å². The summed E-state index contributed by atoms with van der Waals surface area (Å²) < 4.78 is 1.10. The first-order chi connectivity index (χ1) is 8.97. The molecule has 0 atom stereocenters. The molecule has 19 heavy (non-hydrogen) atoms. The lowest BCUT2D eigenvalue weighted by Crippen LogP contribution is -2.10. The zero-order chi connectivity index (χ0) is 14.0. The quantitative estimate of drug-likeness (QED) is 0.639. The molecule has 0 saturated carbocycles. The van der Waals surface area contributed by atoms with E-state index in [-0.39, 0.29) is 11.7 Å². The summed E-state index contributed by atoms with van der Waals surface area (Å²) >= 11 is 3.44. The zero-order valence-electron chi connectivity index (χ0n) is 10.5. The molecule has 0 radical (unpaired) electrons. The van der Waals surface area contributed by atoms with Crippen LogP contribution in [-0.2, 0) is 0 Å². The van der Waals surface area contributed by atoms with Crippen LogP contribution in [0, 0.1) is 10.5 Å². The Kier molecular flexibility index (Phi) is 4.36. The summed E-state index contributed by atoms with van der Waals surface area (Å²) in [4.78, 5) is 24.4. The third kappa shape index (κ3) is 3.42. The molecule has 0 spiro atoms.